The first kappa shape index (κ1) is 25.1. The van der Waals surface area contributed by atoms with Crippen LogP contribution in [0.4, 0.5) is 0 Å². The lowest BCUT2D eigenvalue weighted by atomic mass is 9.96. The Hall–Kier alpha value is -2.21. The van der Waals surface area contributed by atoms with Crippen molar-refractivity contribution < 1.29 is 47.1 Å². The van der Waals surface area contributed by atoms with Crippen molar-refractivity contribution in [3.05, 3.63) is 0 Å². The SMILES string of the molecule is CC(=O)O[C@H]1O[C@H](CCS2(=O)=NCCCC2)[C@@H](OC(C)=O)[C@H](OC(C)=O)[C@@H]1OC(C)=O. The van der Waals surface area contributed by atoms with Gasteiger partial charge in [-0.25, -0.2) is 8.57 Å². The van der Waals surface area contributed by atoms with Crippen LogP contribution < -0.4 is 0 Å². The van der Waals surface area contributed by atoms with Gasteiger partial charge in [0.05, 0.1) is 0 Å². The van der Waals surface area contributed by atoms with Crippen molar-refractivity contribution in [2.45, 2.75) is 77.7 Å². The molecule has 0 radical (unpaired) electrons. The van der Waals surface area contributed by atoms with Gasteiger partial charge >= 0.3 is 23.9 Å². The third-order valence-corrected chi connectivity index (χ3v) is 7.15. The second-order valence-corrected chi connectivity index (χ2v) is 10.0. The molecular weight excluding hydrogens is 434 g/mol. The van der Waals surface area contributed by atoms with Crippen LogP contribution >= 0.6 is 0 Å². The van der Waals surface area contributed by atoms with E-state index >= 15 is 0 Å². The highest BCUT2D eigenvalue weighted by molar-refractivity contribution is 7.93. The van der Waals surface area contributed by atoms with Gasteiger partial charge in [0.15, 0.2) is 12.2 Å². The molecule has 1 fully saturated rings. The van der Waals surface area contributed by atoms with E-state index in [1.165, 1.54) is 0 Å². The van der Waals surface area contributed by atoms with Gasteiger partial charge in [-0.15, -0.1) is 0 Å². The van der Waals surface area contributed by atoms with Crippen LogP contribution in [-0.2, 0) is 52.6 Å². The van der Waals surface area contributed by atoms with Crippen molar-refractivity contribution in [1.29, 1.82) is 0 Å². The van der Waals surface area contributed by atoms with E-state index in [-0.39, 0.29) is 12.2 Å². The zero-order valence-corrected chi connectivity index (χ0v) is 18.9. The Morgan fingerprint density at radius 3 is 1.90 bits per heavy atom. The van der Waals surface area contributed by atoms with E-state index in [1.807, 2.05) is 0 Å². The summed E-state index contributed by atoms with van der Waals surface area (Å²) in [5, 5.41) is 0. The third-order valence-electron chi connectivity index (χ3n) is 4.70. The summed E-state index contributed by atoms with van der Waals surface area (Å²) in [6, 6.07) is 0. The van der Waals surface area contributed by atoms with Crippen molar-refractivity contribution in [1.82, 2.24) is 0 Å². The summed E-state index contributed by atoms with van der Waals surface area (Å²) >= 11 is 0. The van der Waals surface area contributed by atoms with E-state index in [1.54, 1.807) is 0 Å². The normalized spacial score (nSPS) is 32.8. The summed E-state index contributed by atoms with van der Waals surface area (Å²) in [6.45, 7) is 5.08. The largest absolute Gasteiger partial charge is 0.456 e. The molecule has 12 heteroatoms. The zero-order chi connectivity index (χ0) is 23.2. The summed E-state index contributed by atoms with van der Waals surface area (Å²) in [4.78, 5) is 46.8. The Kier molecular flexibility index (Phi) is 8.80. The standard InChI is InChI=1S/C19H29NO10S/c1-11(21)26-16-15(7-10-31(25)9-6-5-8-20-31)30-19(29-14(4)24)18(28-13(3)23)17(16)27-12(2)22/h15-19H,5-10H2,1-4H3/t15-,16-,17+,18+,19+,31?/m1/s1. The molecule has 0 aliphatic carbocycles. The highest BCUT2D eigenvalue weighted by Crippen LogP contribution is 2.31. The smallest absolute Gasteiger partial charge is 0.305 e. The van der Waals surface area contributed by atoms with Crippen LogP contribution in [0.1, 0.15) is 47.0 Å². The van der Waals surface area contributed by atoms with Gasteiger partial charge in [-0.2, -0.15) is 0 Å². The molecule has 176 valence electrons. The average molecular weight is 464 g/mol. The predicted molar refractivity (Wildman–Crippen MR) is 106 cm³/mol. The number of esters is 4. The Morgan fingerprint density at radius 2 is 1.39 bits per heavy atom. The van der Waals surface area contributed by atoms with Crippen molar-refractivity contribution in [3.63, 3.8) is 0 Å². The average Bonchev–Trinajstić information content (AvgIpc) is 2.64. The van der Waals surface area contributed by atoms with Crippen LogP contribution in [0.15, 0.2) is 4.36 Å². The van der Waals surface area contributed by atoms with Gasteiger partial charge in [0.2, 0.25) is 12.4 Å². The predicted octanol–water partition coefficient (Wildman–Crippen LogP) is 0.721. The maximum atomic E-state index is 12.9. The van der Waals surface area contributed by atoms with E-state index in [4.69, 9.17) is 23.7 Å². The summed E-state index contributed by atoms with van der Waals surface area (Å²) < 4.78 is 44.0. The number of hydrogen-bond donors (Lipinski definition) is 0. The molecule has 2 rings (SSSR count). The first-order valence-corrected chi connectivity index (χ1v) is 11.9. The van der Waals surface area contributed by atoms with Gasteiger partial charge in [-0.1, -0.05) is 0 Å². The lowest BCUT2D eigenvalue weighted by molar-refractivity contribution is -0.295. The van der Waals surface area contributed by atoms with E-state index in [0.29, 0.717) is 12.3 Å². The Labute approximate surface area is 181 Å². The fourth-order valence-electron chi connectivity index (χ4n) is 3.55. The van der Waals surface area contributed by atoms with Crippen LogP contribution in [0.2, 0.25) is 0 Å². The molecule has 0 spiro atoms. The molecule has 1 unspecified atom stereocenters. The molecule has 2 aliphatic rings. The maximum Gasteiger partial charge on any atom is 0.305 e. The second-order valence-electron chi connectivity index (χ2n) is 7.40. The van der Waals surface area contributed by atoms with Gasteiger partial charge in [-0.05, 0) is 19.3 Å². The van der Waals surface area contributed by atoms with E-state index < -0.39 is 64.3 Å². The van der Waals surface area contributed by atoms with Crippen LogP contribution in [0, 0.1) is 0 Å². The zero-order valence-electron chi connectivity index (χ0n) is 18.1. The maximum absolute atomic E-state index is 12.9. The molecule has 31 heavy (non-hydrogen) atoms. The third kappa shape index (κ3) is 7.46. The van der Waals surface area contributed by atoms with Crippen LogP contribution in [0.25, 0.3) is 0 Å². The Morgan fingerprint density at radius 1 is 0.839 bits per heavy atom. The number of carbonyl (C=O) groups excluding carboxylic acids is 4. The van der Waals surface area contributed by atoms with Crippen LogP contribution in [-0.4, -0.2) is 76.8 Å². The molecule has 0 aromatic heterocycles. The number of hydrogen-bond acceptors (Lipinski definition) is 11. The van der Waals surface area contributed by atoms with Gasteiger partial charge in [0.25, 0.3) is 0 Å². The van der Waals surface area contributed by atoms with Crippen molar-refractivity contribution in [2.24, 2.45) is 4.36 Å². The number of carbonyl (C=O) groups is 4. The molecule has 2 heterocycles. The fourth-order valence-corrected chi connectivity index (χ4v) is 5.73. The Bertz CT molecular complexity index is 819. The minimum Gasteiger partial charge on any atom is -0.456 e. The monoisotopic (exact) mass is 463 g/mol. The summed E-state index contributed by atoms with van der Waals surface area (Å²) in [7, 11) is -2.45. The lowest BCUT2D eigenvalue weighted by Gasteiger charge is -2.44. The molecule has 0 bridgehead atoms. The van der Waals surface area contributed by atoms with E-state index in [2.05, 4.69) is 4.36 Å². The fraction of sp³-hybridized carbons (Fsp3) is 0.789. The molecule has 6 atom stereocenters. The van der Waals surface area contributed by atoms with Gasteiger partial charge in [-0.3, -0.25) is 19.2 Å². The molecule has 0 saturated carbocycles. The summed E-state index contributed by atoms with van der Waals surface area (Å²) in [5.74, 6) is -2.26. The first-order valence-electron chi connectivity index (χ1n) is 10.0. The van der Waals surface area contributed by atoms with Gasteiger partial charge in [0, 0.05) is 55.5 Å². The molecule has 11 nitrogen and oxygen atoms in total. The van der Waals surface area contributed by atoms with Gasteiger partial charge < -0.3 is 23.7 Å². The van der Waals surface area contributed by atoms with Crippen molar-refractivity contribution in [2.75, 3.05) is 18.1 Å². The molecule has 0 amide bonds. The van der Waals surface area contributed by atoms with Crippen LogP contribution in [0.5, 0.6) is 0 Å². The second kappa shape index (κ2) is 10.9. The molecule has 0 N–H and O–H groups in total. The quantitative estimate of drug-likeness (QED) is 0.391. The molecule has 1 saturated heterocycles. The minimum atomic E-state index is -2.45. The number of nitrogens with zero attached hydrogens (tertiary/aromatic N) is 1. The summed E-state index contributed by atoms with van der Waals surface area (Å²) in [5.41, 5.74) is 0. The number of ether oxygens (including phenoxy) is 5. The molecule has 0 aromatic rings. The highest BCUT2D eigenvalue weighted by Gasteiger charge is 2.53. The lowest BCUT2D eigenvalue weighted by Crippen LogP contribution is -2.62. The van der Waals surface area contributed by atoms with Gasteiger partial charge in [0.1, 0.15) is 6.10 Å². The topological polar surface area (TPSA) is 144 Å². The summed E-state index contributed by atoms with van der Waals surface area (Å²) in [6.07, 6.45) is -4.40. The van der Waals surface area contributed by atoms with E-state index in [9.17, 15) is 23.4 Å². The molecule has 2 aliphatic heterocycles. The molecular formula is C19H29NO10S. The van der Waals surface area contributed by atoms with Crippen molar-refractivity contribution in [3.8, 4) is 0 Å². The highest BCUT2D eigenvalue weighted by atomic mass is 32.2. The molecule has 0 aromatic carbocycles. The first-order chi connectivity index (χ1) is 14.5. The number of rotatable bonds is 7. The van der Waals surface area contributed by atoms with E-state index in [0.717, 1.165) is 40.5 Å². The Balaban J connectivity index is 2.37. The van der Waals surface area contributed by atoms with Crippen molar-refractivity contribution >= 4 is 33.6 Å². The minimum absolute atomic E-state index is 0.128. The van der Waals surface area contributed by atoms with Crippen LogP contribution in [0.3, 0.4) is 0 Å².